The van der Waals surface area contributed by atoms with Crippen molar-refractivity contribution in [3.05, 3.63) is 12.2 Å². The molecule has 1 aliphatic heterocycles. The molecule has 0 aromatic heterocycles. The first kappa shape index (κ1) is 12.2. The molecule has 1 saturated heterocycles. The number of hydrogen-bond acceptors (Lipinski definition) is 3. The first-order chi connectivity index (χ1) is 7.05. The van der Waals surface area contributed by atoms with E-state index in [1.165, 1.54) is 0 Å². The first-order valence-corrected chi connectivity index (χ1v) is 5.57. The van der Waals surface area contributed by atoms with Gasteiger partial charge in [0.1, 0.15) is 0 Å². The Labute approximate surface area is 91.4 Å². The summed E-state index contributed by atoms with van der Waals surface area (Å²) in [5.74, 6) is -0.948. The summed E-state index contributed by atoms with van der Waals surface area (Å²) in [4.78, 5) is 11.3. The number of hydrogen-bond donors (Lipinski definition) is 0. The van der Waals surface area contributed by atoms with Gasteiger partial charge in [0.05, 0.1) is 0 Å². The fourth-order valence-electron chi connectivity index (χ4n) is 1.66. The largest absolute Gasteiger partial charge is 0.432 e. The molecular weight excluding hydrogens is 192 g/mol. The van der Waals surface area contributed by atoms with E-state index in [1.807, 2.05) is 13.0 Å². The summed E-state index contributed by atoms with van der Waals surface area (Å²) in [7, 11) is 0. The van der Waals surface area contributed by atoms with Gasteiger partial charge in [0.2, 0.25) is 5.79 Å². The Morgan fingerprint density at radius 2 is 2.13 bits per heavy atom. The van der Waals surface area contributed by atoms with E-state index in [1.54, 1.807) is 13.8 Å². The molecule has 3 nitrogen and oxygen atoms in total. The first-order valence-electron chi connectivity index (χ1n) is 5.57. The van der Waals surface area contributed by atoms with Gasteiger partial charge in [0.25, 0.3) is 0 Å². The maximum Gasteiger partial charge on any atom is 0.337 e. The van der Waals surface area contributed by atoms with Crippen molar-refractivity contribution in [3.8, 4) is 0 Å². The molecule has 86 valence electrons. The van der Waals surface area contributed by atoms with Crippen LogP contribution in [-0.2, 0) is 14.3 Å². The van der Waals surface area contributed by atoms with E-state index in [9.17, 15) is 4.79 Å². The molecule has 0 amide bonds. The van der Waals surface area contributed by atoms with Crippen LogP contribution >= 0.6 is 0 Å². The van der Waals surface area contributed by atoms with Crippen molar-refractivity contribution in [1.29, 1.82) is 0 Å². The number of carbonyl (C=O) groups is 1. The van der Waals surface area contributed by atoms with E-state index in [0.717, 1.165) is 25.7 Å². The molecule has 1 heterocycles. The molecule has 0 aromatic carbocycles. The molecule has 3 heteroatoms. The van der Waals surface area contributed by atoms with Gasteiger partial charge in [0, 0.05) is 13.8 Å². The predicted molar refractivity (Wildman–Crippen MR) is 58.3 cm³/mol. The zero-order chi connectivity index (χ0) is 11.3. The van der Waals surface area contributed by atoms with Gasteiger partial charge in [-0.25, -0.2) is 4.79 Å². The third-order valence-corrected chi connectivity index (χ3v) is 2.36. The van der Waals surface area contributed by atoms with Crippen LogP contribution in [0.15, 0.2) is 12.2 Å². The number of rotatable bonds is 5. The highest BCUT2D eigenvalue weighted by Crippen LogP contribution is 2.26. The normalized spacial score (nSPS) is 24.7. The fraction of sp³-hybridized carbons (Fsp3) is 0.750. The Balaban J connectivity index is 2.20. The van der Waals surface area contributed by atoms with Gasteiger partial charge in [-0.1, -0.05) is 12.2 Å². The van der Waals surface area contributed by atoms with E-state index in [0.29, 0.717) is 0 Å². The highest BCUT2D eigenvalue weighted by atomic mass is 16.8. The highest BCUT2D eigenvalue weighted by molar-refractivity contribution is 5.76. The summed E-state index contributed by atoms with van der Waals surface area (Å²) in [5.41, 5.74) is 0. The molecule has 0 bridgehead atoms. The summed E-state index contributed by atoms with van der Waals surface area (Å²) in [6.07, 6.45) is 7.76. The second-order valence-electron chi connectivity index (χ2n) is 4.28. The monoisotopic (exact) mass is 212 g/mol. The predicted octanol–water partition coefficient (Wildman–Crippen LogP) is 2.80. The molecule has 1 fully saturated rings. The van der Waals surface area contributed by atoms with Crippen LogP contribution in [0, 0.1) is 0 Å². The standard InChI is InChI=1S/C12H20O3/c1-4-5-6-7-8-9-10-11(13)15-12(2,3)14-10/h4-5,10H,6-9H2,1-3H3. The Bertz CT molecular complexity index is 243. The SMILES string of the molecule is CC=CCCCCC1OC(C)(C)OC1=O. The summed E-state index contributed by atoms with van der Waals surface area (Å²) in [6, 6.07) is 0. The number of cyclic esters (lactones) is 1. The molecule has 0 N–H and O–H groups in total. The Morgan fingerprint density at radius 3 is 2.67 bits per heavy atom. The van der Waals surface area contributed by atoms with Crippen molar-refractivity contribution >= 4 is 5.97 Å². The highest BCUT2D eigenvalue weighted by Gasteiger charge is 2.40. The van der Waals surface area contributed by atoms with Gasteiger partial charge < -0.3 is 9.47 Å². The Hall–Kier alpha value is -0.830. The molecule has 0 spiro atoms. The number of carbonyl (C=O) groups excluding carboxylic acids is 1. The molecule has 1 aliphatic rings. The van der Waals surface area contributed by atoms with Crippen LogP contribution in [0.2, 0.25) is 0 Å². The number of ether oxygens (including phenoxy) is 2. The third kappa shape index (κ3) is 4.04. The lowest BCUT2D eigenvalue weighted by Crippen LogP contribution is -2.21. The Morgan fingerprint density at radius 1 is 1.40 bits per heavy atom. The lowest BCUT2D eigenvalue weighted by Gasteiger charge is -2.15. The molecule has 1 unspecified atom stereocenters. The van der Waals surface area contributed by atoms with Crippen molar-refractivity contribution < 1.29 is 14.3 Å². The molecule has 0 radical (unpaired) electrons. The van der Waals surface area contributed by atoms with Crippen LogP contribution < -0.4 is 0 Å². The minimum absolute atomic E-state index is 0.217. The zero-order valence-corrected chi connectivity index (χ0v) is 9.79. The minimum atomic E-state index is -0.731. The maximum atomic E-state index is 11.3. The van der Waals surface area contributed by atoms with Crippen molar-refractivity contribution in [1.82, 2.24) is 0 Å². The minimum Gasteiger partial charge on any atom is -0.432 e. The van der Waals surface area contributed by atoms with Crippen LogP contribution in [0.25, 0.3) is 0 Å². The van der Waals surface area contributed by atoms with Crippen LogP contribution in [0.1, 0.15) is 46.5 Å². The second kappa shape index (κ2) is 5.31. The maximum absolute atomic E-state index is 11.3. The molecular formula is C12H20O3. The lowest BCUT2D eigenvalue weighted by atomic mass is 10.1. The van der Waals surface area contributed by atoms with Gasteiger partial charge in [-0.15, -0.1) is 0 Å². The molecule has 0 aromatic rings. The molecule has 15 heavy (non-hydrogen) atoms. The fourth-order valence-corrected chi connectivity index (χ4v) is 1.66. The summed E-state index contributed by atoms with van der Waals surface area (Å²) >= 11 is 0. The molecule has 1 atom stereocenters. The number of unbranched alkanes of at least 4 members (excludes halogenated alkanes) is 2. The van der Waals surface area contributed by atoms with E-state index in [4.69, 9.17) is 9.47 Å². The van der Waals surface area contributed by atoms with Gasteiger partial charge in [-0.2, -0.15) is 0 Å². The van der Waals surface area contributed by atoms with Crippen LogP contribution in [-0.4, -0.2) is 17.9 Å². The van der Waals surface area contributed by atoms with Gasteiger partial charge in [-0.05, 0) is 32.6 Å². The van der Waals surface area contributed by atoms with E-state index in [2.05, 4.69) is 6.08 Å². The van der Waals surface area contributed by atoms with Crippen molar-refractivity contribution in [2.45, 2.75) is 58.3 Å². The molecule has 0 aliphatic carbocycles. The van der Waals surface area contributed by atoms with E-state index in [-0.39, 0.29) is 12.1 Å². The van der Waals surface area contributed by atoms with E-state index < -0.39 is 5.79 Å². The van der Waals surface area contributed by atoms with Crippen LogP contribution in [0.5, 0.6) is 0 Å². The molecule has 0 saturated carbocycles. The average molecular weight is 212 g/mol. The summed E-state index contributed by atoms with van der Waals surface area (Å²) < 4.78 is 10.5. The number of esters is 1. The summed E-state index contributed by atoms with van der Waals surface area (Å²) in [5, 5.41) is 0. The van der Waals surface area contributed by atoms with Crippen LogP contribution in [0.3, 0.4) is 0 Å². The quantitative estimate of drug-likeness (QED) is 0.399. The van der Waals surface area contributed by atoms with E-state index >= 15 is 0 Å². The summed E-state index contributed by atoms with van der Waals surface area (Å²) in [6.45, 7) is 5.55. The van der Waals surface area contributed by atoms with Crippen LogP contribution in [0.4, 0.5) is 0 Å². The second-order valence-corrected chi connectivity index (χ2v) is 4.28. The van der Waals surface area contributed by atoms with Crippen molar-refractivity contribution in [3.63, 3.8) is 0 Å². The smallest absolute Gasteiger partial charge is 0.337 e. The van der Waals surface area contributed by atoms with Gasteiger partial charge >= 0.3 is 5.97 Å². The van der Waals surface area contributed by atoms with Crippen molar-refractivity contribution in [2.75, 3.05) is 0 Å². The van der Waals surface area contributed by atoms with Crippen molar-refractivity contribution in [2.24, 2.45) is 0 Å². The average Bonchev–Trinajstić information content (AvgIpc) is 2.39. The zero-order valence-electron chi connectivity index (χ0n) is 9.79. The number of allylic oxidation sites excluding steroid dienone is 2. The van der Waals surface area contributed by atoms with Gasteiger partial charge in [-0.3, -0.25) is 0 Å². The lowest BCUT2D eigenvalue weighted by molar-refractivity contribution is -0.160. The third-order valence-electron chi connectivity index (χ3n) is 2.36. The Kier molecular flexibility index (Phi) is 4.33. The van der Waals surface area contributed by atoms with Gasteiger partial charge in [0.15, 0.2) is 6.10 Å². The molecule has 1 rings (SSSR count). The topological polar surface area (TPSA) is 35.5 Å².